The zero-order chi connectivity index (χ0) is 18.9. The van der Waals surface area contributed by atoms with Gasteiger partial charge in [-0.15, -0.1) is 0 Å². The summed E-state index contributed by atoms with van der Waals surface area (Å²) in [5, 5.41) is 0.672. The minimum Gasteiger partial charge on any atom is -0.488 e. The first-order chi connectivity index (χ1) is 13.2. The fourth-order valence-electron chi connectivity index (χ4n) is 2.46. The molecule has 3 heteroatoms. The number of rotatable bonds is 7. The van der Waals surface area contributed by atoms with E-state index in [4.69, 9.17) is 16.3 Å². The fraction of sp³-hybridized carbons (Fsp3) is 0.0417. The lowest BCUT2D eigenvalue weighted by Crippen LogP contribution is -1.96. The molecule has 0 spiro atoms. The minimum absolute atomic E-state index is 0.0946. The van der Waals surface area contributed by atoms with Gasteiger partial charge in [0, 0.05) is 10.6 Å². The Morgan fingerprint density at radius 1 is 0.815 bits per heavy atom. The first-order valence-electron chi connectivity index (χ1n) is 8.62. The largest absolute Gasteiger partial charge is 0.488 e. The van der Waals surface area contributed by atoms with Crippen molar-refractivity contribution in [2.75, 3.05) is 0 Å². The van der Waals surface area contributed by atoms with Gasteiger partial charge in [0.05, 0.1) is 0 Å². The normalized spacial score (nSPS) is 11.1. The van der Waals surface area contributed by atoms with E-state index in [0.29, 0.717) is 11.6 Å². The molecule has 0 aliphatic carbocycles. The van der Waals surface area contributed by atoms with E-state index in [-0.39, 0.29) is 5.78 Å². The number of hydrogen-bond acceptors (Lipinski definition) is 2. The maximum atomic E-state index is 12.1. The summed E-state index contributed by atoms with van der Waals surface area (Å²) in [4.78, 5) is 12.1. The van der Waals surface area contributed by atoms with Gasteiger partial charge in [-0.1, -0.05) is 78.3 Å². The summed E-state index contributed by atoms with van der Waals surface area (Å²) >= 11 is 5.86. The average molecular weight is 375 g/mol. The van der Waals surface area contributed by atoms with E-state index in [0.717, 1.165) is 22.4 Å². The zero-order valence-electron chi connectivity index (χ0n) is 14.7. The molecule has 0 heterocycles. The van der Waals surface area contributed by atoms with Crippen LogP contribution in [0.25, 0.3) is 12.2 Å². The Labute approximate surface area is 164 Å². The lowest BCUT2D eigenvalue weighted by Gasteiger charge is -2.09. The van der Waals surface area contributed by atoms with Crippen LogP contribution in [-0.2, 0) is 11.4 Å². The molecule has 0 radical (unpaired) electrons. The third-order valence-corrected chi connectivity index (χ3v) is 4.15. The quantitative estimate of drug-likeness (QED) is 0.459. The first-order valence-corrected chi connectivity index (χ1v) is 9.00. The number of carbonyl (C=O) groups excluding carboxylic acids is 1. The molecule has 134 valence electrons. The third kappa shape index (κ3) is 5.98. The summed E-state index contributed by atoms with van der Waals surface area (Å²) in [5.41, 5.74) is 2.88. The number of ketones is 1. The molecule has 0 atom stereocenters. The van der Waals surface area contributed by atoms with E-state index in [1.54, 1.807) is 24.3 Å². The van der Waals surface area contributed by atoms with Gasteiger partial charge in [0.15, 0.2) is 5.78 Å². The third-order valence-electron chi connectivity index (χ3n) is 3.89. The van der Waals surface area contributed by atoms with Gasteiger partial charge >= 0.3 is 0 Å². The molecule has 0 aromatic heterocycles. The van der Waals surface area contributed by atoms with E-state index in [1.807, 2.05) is 66.7 Å². The number of halogens is 1. The van der Waals surface area contributed by atoms with Crippen LogP contribution in [0.3, 0.4) is 0 Å². The Kier molecular flexibility index (Phi) is 6.61. The van der Waals surface area contributed by atoms with Gasteiger partial charge in [-0.25, -0.2) is 0 Å². The second-order valence-corrected chi connectivity index (χ2v) is 6.37. The van der Waals surface area contributed by atoms with Crippen molar-refractivity contribution in [1.82, 2.24) is 0 Å². The van der Waals surface area contributed by atoms with Crippen LogP contribution in [0.2, 0.25) is 5.02 Å². The Morgan fingerprint density at radius 3 is 2.26 bits per heavy atom. The molecule has 0 aliphatic heterocycles. The standard InChI is InChI=1S/C24H19ClO2/c25-22-14-10-19(11-15-22)12-16-23(26)17-13-21-8-4-5-9-24(21)27-18-20-6-2-1-3-7-20/h1-17H,18H2/b16-12+,17-13+. The Bertz CT molecular complexity index is 942. The molecule has 0 bridgehead atoms. The predicted molar refractivity (Wildman–Crippen MR) is 112 cm³/mol. The van der Waals surface area contributed by atoms with E-state index in [2.05, 4.69) is 0 Å². The number of ether oxygens (including phenoxy) is 1. The van der Waals surface area contributed by atoms with Crippen LogP contribution >= 0.6 is 11.6 Å². The van der Waals surface area contributed by atoms with Crippen molar-refractivity contribution in [1.29, 1.82) is 0 Å². The van der Waals surface area contributed by atoms with E-state index in [1.165, 1.54) is 12.2 Å². The highest BCUT2D eigenvalue weighted by molar-refractivity contribution is 6.30. The lowest BCUT2D eigenvalue weighted by molar-refractivity contribution is -0.110. The maximum Gasteiger partial charge on any atom is 0.178 e. The Morgan fingerprint density at radius 2 is 1.48 bits per heavy atom. The molecule has 3 aromatic rings. The van der Waals surface area contributed by atoms with Gasteiger partial charge in [0.1, 0.15) is 12.4 Å². The van der Waals surface area contributed by atoms with Crippen molar-refractivity contribution >= 4 is 29.5 Å². The summed E-state index contributed by atoms with van der Waals surface area (Å²) in [6.45, 7) is 0.482. The SMILES string of the molecule is O=C(/C=C/c1ccc(Cl)cc1)/C=C/c1ccccc1OCc1ccccc1. The molecule has 0 amide bonds. The van der Waals surface area contributed by atoms with Gasteiger partial charge in [0.25, 0.3) is 0 Å². The number of allylic oxidation sites excluding steroid dienone is 2. The fourth-order valence-corrected chi connectivity index (χ4v) is 2.59. The van der Waals surface area contributed by atoms with Gasteiger partial charge in [-0.2, -0.15) is 0 Å². The molecule has 0 unspecified atom stereocenters. The second kappa shape index (κ2) is 9.56. The molecule has 0 aliphatic rings. The average Bonchev–Trinajstić information content (AvgIpc) is 2.71. The van der Waals surface area contributed by atoms with Crippen molar-refractivity contribution in [3.8, 4) is 5.75 Å². The molecule has 3 aromatic carbocycles. The van der Waals surface area contributed by atoms with E-state index < -0.39 is 0 Å². The van der Waals surface area contributed by atoms with Gasteiger partial charge < -0.3 is 4.74 Å². The topological polar surface area (TPSA) is 26.3 Å². The summed E-state index contributed by atoms with van der Waals surface area (Å²) in [5.74, 6) is 0.648. The molecule has 0 fully saturated rings. The summed E-state index contributed by atoms with van der Waals surface area (Å²) in [6, 6.07) is 24.9. The van der Waals surface area contributed by atoms with E-state index >= 15 is 0 Å². The van der Waals surface area contributed by atoms with Gasteiger partial charge in [-0.05, 0) is 47.6 Å². The van der Waals surface area contributed by atoms with Crippen LogP contribution in [0.5, 0.6) is 5.75 Å². The van der Waals surface area contributed by atoms with E-state index in [9.17, 15) is 4.79 Å². The number of hydrogen-bond donors (Lipinski definition) is 0. The van der Waals surface area contributed by atoms with Crippen molar-refractivity contribution in [2.24, 2.45) is 0 Å². The first kappa shape index (κ1) is 18.7. The molecule has 0 saturated heterocycles. The maximum absolute atomic E-state index is 12.1. The minimum atomic E-state index is -0.0946. The molecule has 0 N–H and O–H groups in total. The monoisotopic (exact) mass is 374 g/mol. The molecule has 2 nitrogen and oxygen atoms in total. The van der Waals surface area contributed by atoms with Crippen molar-refractivity contribution in [2.45, 2.75) is 6.61 Å². The number of benzene rings is 3. The van der Waals surface area contributed by atoms with Crippen molar-refractivity contribution in [3.63, 3.8) is 0 Å². The summed E-state index contributed by atoms with van der Waals surface area (Å²) in [7, 11) is 0. The molecule has 0 saturated carbocycles. The van der Waals surface area contributed by atoms with Crippen molar-refractivity contribution in [3.05, 3.63) is 113 Å². The molecular formula is C24H19ClO2. The molecule has 3 rings (SSSR count). The van der Waals surface area contributed by atoms with Crippen LogP contribution in [-0.4, -0.2) is 5.78 Å². The highest BCUT2D eigenvalue weighted by atomic mass is 35.5. The summed E-state index contributed by atoms with van der Waals surface area (Å²) in [6.07, 6.45) is 6.61. The highest BCUT2D eigenvalue weighted by Crippen LogP contribution is 2.21. The predicted octanol–water partition coefficient (Wildman–Crippen LogP) is 6.21. The van der Waals surface area contributed by atoms with Crippen LogP contribution in [0.15, 0.2) is 91.0 Å². The van der Waals surface area contributed by atoms with Crippen LogP contribution in [0, 0.1) is 0 Å². The summed E-state index contributed by atoms with van der Waals surface area (Å²) < 4.78 is 5.90. The Hall–Kier alpha value is -3.10. The molecular weight excluding hydrogens is 356 g/mol. The van der Waals surface area contributed by atoms with Crippen LogP contribution < -0.4 is 4.74 Å². The Balaban J connectivity index is 1.64. The number of carbonyl (C=O) groups is 1. The van der Waals surface area contributed by atoms with Gasteiger partial charge in [0.2, 0.25) is 0 Å². The molecule has 27 heavy (non-hydrogen) atoms. The second-order valence-electron chi connectivity index (χ2n) is 5.93. The van der Waals surface area contributed by atoms with Crippen LogP contribution in [0.1, 0.15) is 16.7 Å². The van der Waals surface area contributed by atoms with Crippen molar-refractivity contribution < 1.29 is 9.53 Å². The smallest absolute Gasteiger partial charge is 0.178 e. The van der Waals surface area contributed by atoms with Gasteiger partial charge in [-0.3, -0.25) is 4.79 Å². The number of para-hydroxylation sites is 1. The zero-order valence-corrected chi connectivity index (χ0v) is 15.5. The van der Waals surface area contributed by atoms with Crippen LogP contribution in [0.4, 0.5) is 0 Å². The lowest BCUT2D eigenvalue weighted by atomic mass is 10.1. The highest BCUT2D eigenvalue weighted by Gasteiger charge is 2.01.